The molecule has 0 aliphatic carbocycles. The number of thioether (sulfide) groups is 1. The zero-order valence-electron chi connectivity index (χ0n) is 13.6. The average molecular weight is 384 g/mol. The van der Waals surface area contributed by atoms with E-state index in [9.17, 15) is 27.6 Å². The third-order valence-electron chi connectivity index (χ3n) is 4.14. The fourth-order valence-electron chi connectivity index (χ4n) is 2.79. The normalized spacial score (nSPS) is 19.7. The maximum absolute atomic E-state index is 12.8. The molecule has 0 bridgehead atoms. The summed E-state index contributed by atoms with van der Waals surface area (Å²) in [6.45, 7) is 0.870. The third kappa shape index (κ3) is 3.92. The van der Waals surface area contributed by atoms with Crippen molar-refractivity contribution in [3.05, 3.63) is 40.3 Å². The predicted molar refractivity (Wildman–Crippen MR) is 89.9 cm³/mol. The van der Waals surface area contributed by atoms with Crippen molar-refractivity contribution in [3.63, 3.8) is 0 Å². The molecule has 1 aromatic carbocycles. The smallest absolute Gasteiger partial charge is 0.341 e. The van der Waals surface area contributed by atoms with Gasteiger partial charge in [-0.05, 0) is 48.4 Å². The number of benzene rings is 1. The highest BCUT2D eigenvalue weighted by Gasteiger charge is 2.37. The predicted octanol–water partition coefficient (Wildman–Crippen LogP) is 3.36. The average Bonchev–Trinajstić information content (AvgIpc) is 3.19. The summed E-state index contributed by atoms with van der Waals surface area (Å²) in [6, 6.07) is 4.48. The zero-order valence-corrected chi connectivity index (χ0v) is 14.4. The van der Waals surface area contributed by atoms with Crippen LogP contribution in [-0.2, 0) is 15.8 Å². The van der Waals surface area contributed by atoms with E-state index in [-0.39, 0.29) is 22.9 Å². The van der Waals surface area contributed by atoms with Gasteiger partial charge in [-0.3, -0.25) is 19.3 Å². The second-order valence-electron chi connectivity index (χ2n) is 5.98. The molecular weight excluding hydrogens is 369 g/mol. The summed E-state index contributed by atoms with van der Waals surface area (Å²) in [5.74, 6) is -0.963. The van der Waals surface area contributed by atoms with Crippen molar-refractivity contribution in [2.45, 2.75) is 19.0 Å². The highest BCUT2D eigenvalue weighted by atomic mass is 32.2. The number of amides is 3. The maximum Gasteiger partial charge on any atom is 0.416 e. The summed E-state index contributed by atoms with van der Waals surface area (Å²) < 4.78 is 38.3. The number of likely N-dealkylation sites (tertiary alicyclic amines) is 1. The van der Waals surface area contributed by atoms with Crippen molar-refractivity contribution in [1.82, 2.24) is 9.80 Å². The van der Waals surface area contributed by atoms with E-state index in [2.05, 4.69) is 0 Å². The van der Waals surface area contributed by atoms with Crippen LogP contribution in [0.3, 0.4) is 0 Å². The van der Waals surface area contributed by atoms with Crippen LogP contribution in [0.5, 0.6) is 0 Å². The number of alkyl halides is 3. The lowest BCUT2D eigenvalue weighted by Gasteiger charge is -2.18. The topological polar surface area (TPSA) is 57.7 Å². The molecule has 0 radical (unpaired) electrons. The van der Waals surface area contributed by atoms with Gasteiger partial charge in [0.1, 0.15) is 6.54 Å². The first-order valence-electron chi connectivity index (χ1n) is 7.96. The number of hydrogen-bond donors (Lipinski definition) is 0. The lowest BCUT2D eigenvalue weighted by atomic mass is 10.1. The van der Waals surface area contributed by atoms with Crippen LogP contribution in [0.1, 0.15) is 24.0 Å². The first kappa shape index (κ1) is 18.5. The summed E-state index contributed by atoms with van der Waals surface area (Å²) in [7, 11) is 0. The summed E-state index contributed by atoms with van der Waals surface area (Å²) in [4.78, 5) is 39.0. The van der Waals surface area contributed by atoms with E-state index in [1.54, 1.807) is 4.90 Å². The van der Waals surface area contributed by atoms with Gasteiger partial charge < -0.3 is 4.90 Å². The Morgan fingerprint density at radius 2 is 1.88 bits per heavy atom. The second-order valence-corrected chi connectivity index (χ2v) is 6.97. The Balaban J connectivity index is 1.76. The number of carbonyl (C=O) groups excluding carboxylic acids is 3. The van der Waals surface area contributed by atoms with Gasteiger partial charge in [-0.1, -0.05) is 12.1 Å². The van der Waals surface area contributed by atoms with Crippen LogP contribution in [0.4, 0.5) is 18.0 Å². The zero-order chi connectivity index (χ0) is 18.9. The molecule has 26 heavy (non-hydrogen) atoms. The van der Waals surface area contributed by atoms with Crippen molar-refractivity contribution in [2.75, 3.05) is 19.6 Å². The number of imide groups is 1. The van der Waals surface area contributed by atoms with E-state index in [0.29, 0.717) is 24.9 Å². The molecule has 5 nitrogen and oxygen atoms in total. The minimum absolute atomic E-state index is 0.00328. The Bertz CT molecular complexity index is 786. The monoisotopic (exact) mass is 384 g/mol. The van der Waals surface area contributed by atoms with Gasteiger partial charge in [0.15, 0.2) is 0 Å². The summed E-state index contributed by atoms with van der Waals surface area (Å²) >= 11 is 0.621. The first-order valence-corrected chi connectivity index (χ1v) is 8.78. The van der Waals surface area contributed by atoms with Crippen molar-refractivity contribution < 1.29 is 27.6 Å². The Kier molecular flexibility index (Phi) is 5.08. The van der Waals surface area contributed by atoms with Gasteiger partial charge >= 0.3 is 6.18 Å². The highest BCUT2D eigenvalue weighted by Crippen LogP contribution is 2.34. The van der Waals surface area contributed by atoms with Crippen molar-refractivity contribution in [3.8, 4) is 0 Å². The van der Waals surface area contributed by atoms with Gasteiger partial charge in [-0.25, -0.2) is 0 Å². The van der Waals surface area contributed by atoms with Crippen molar-refractivity contribution >= 4 is 34.9 Å². The van der Waals surface area contributed by atoms with Gasteiger partial charge in [0.25, 0.3) is 11.1 Å². The summed E-state index contributed by atoms with van der Waals surface area (Å²) in [6.07, 6.45) is -1.47. The Hall–Kier alpha value is -2.29. The molecule has 0 unspecified atom stereocenters. The van der Waals surface area contributed by atoms with Crippen LogP contribution >= 0.6 is 11.8 Å². The molecule has 3 rings (SSSR count). The van der Waals surface area contributed by atoms with Crippen LogP contribution in [0.25, 0.3) is 6.08 Å². The van der Waals surface area contributed by atoms with Crippen LogP contribution in [0, 0.1) is 0 Å². The molecule has 2 fully saturated rings. The van der Waals surface area contributed by atoms with Crippen LogP contribution in [0.2, 0.25) is 0 Å². The maximum atomic E-state index is 12.8. The highest BCUT2D eigenvalue weighted by molar-refractivity contribution is 8.18. The standard InChI is InChI=1S/C17H15F3N2O3S/c18-17(19,20)12-5-3-4-11(8-12)9-13-15(24)22(16(25)26-13)10-14(23)21-6-1-2-7-21/h3-5,8-9H,1-2,6-7,10H2/b13-9+. The van der Waals surface area contributed by atoms with Crippen LogP contribution < -0.4 is 0 Å². The van der Waals surface area contributed by atoms with Crippen LogP contribution in [-0.4, -0.2) is 46.5 Å². The van der Waals surface area contributed by atoms with E-state index in [1.165, 1.54) is 18.2 Å². The quantitative estimate of drug-likeness (QED) is 0.750. The third-order valence-corrected chi connectivity index (χ3v) is 5.04. The molecule has 2 aliphatic heterocycles. The number of hydrogen-bond acceptors (Lipinski definition) is 4. The van der Waals surface area contributed by atoms with Gasteiger partial charge in [-0.15, -0.1) is 0 Å². The molecule has 3 amide bonds. The molecule has 2 aliphatic rings. The lowest BCUT2D eigenvalue weighted by molar-refractivity contribution is -0.137. The number of halogens is 3. The summed E-state index contributed by atoms with van der Waals surface area (Å²) in [5.41, 5.74) is -0.675. The van der Waals surface area contributed by atoms with Gasteiger partial charge in [0, 0.05) is 13.1 Å². The van der Waals surface area contributed by atoms with Crippen molar-refractivity contribution in [1.29, 1.82) is 0 Å². The largest absolute Gasteiger partial charge is 0.416 e. The molecule has 9 heteroatoms. The van der Waals surface area contributed by atoms with E-state index < -0.39 is 22.9 Å². The molecule has 0 aromatic heterocycles. The Morgan fingerprint density at radius 1 is 1.19 bits per heavy atom. The van der Waals surface area contributed by atoms with Crippen LogP contribution in [0.15, 0.2) is 29.2 Å². The Labute approximate surface area is 151 Å². The number of carbonyl (C=O) groups is 3. The molecule has 138 valence electrons. The number of nitrogens with zero attached hydrogens (tertiary/aromatic N) is 2. The molecule has 0 N–H and O–H groups in total. The minimum atomic E-state index is -4.49. The van der Waals surface area contributed by atoms with Crippen molar-refractivity contribution in [2.24, 2.45) is 0 Å². The second kappa shape index (κ2) is 7.14. The molecule has 0 spiro atoms. The minimum Gasteiger partial charge on any atom is -0.341 e. The summed E-state index contributed by atoms with van der Waals surface area (Å²) in [5, 5.41) is -0.597. The van der Waals surface area contributed by atoms with Gasteiger partial charge in [0.2, 0.25) is 5.91 Å². The van der Waals surface area contributed by atoms with E-state index in [1.807, 2.05) is 0 Å². The molecule has 0 saturated carbocycles. The fourth-order valence-corrected chi connectivity index (χ4v) is 3.63. The Morgan fingerprint density at radius 3 is 2.54 bits per heavy atom. The molecule has 0 atom stereocenters. The van der Waals surface area contributed by atoms with E-state index in [0.717, 1.165) is 29.9 Å². The molecular formula is C17H15F3N2O3S. The SMILES string of the molecule is O=C(CN1C(=O)S/C(=C/c2cccc(C(F)(F)F)c2)C1=O)N1CCCC1. The molecule has 1 aromatic rings. The van der Waals surface area contributed by atoms with E-state index in [4.69, 9.17) is 0 Å². The molecule has 2 heterocycles. The van der Waals surface area contributed by atoms with E-state index >= 15 is 0 Å². The molecule has 2 saturated heterocycles. The van der Waals surface area contributed by atoms with Gasteiger partial charge in [0.05, 0.1) is 10.5 Å². The fraction of sp³-hybridized carbons (Fsp3) is 0.353. The number of rotatable bonds is 3. The lowest BCUT2D eigenvalue weighted by Crippen LogP contribution is -2.40. The van der Waals surface area contributed by atoms with Gasteiger partial charge in [-0.2, -0.15) is 13.2 Å². The first-order chi connectivity index (χ1) is 12.3.